The van der Waals surface area contributed by atoms with E-state index in [1.807, 2.05) is 29.2 Å². The number of carbonyl (C=O) groups excluding carboxylic acids is 1. The number of carbonyl (C=O) groups is 2. The van der Waals surface area contributed by atoms with E-state index >= 15 is 0 Å². The Morgan fingerprint density at radius 2 is 2.12 bits per heavy atom. The summed E-state index contributed by atoms with van der Waals surface area (Å²) >= 11 is 0. The average molecular weight is 234 g/mol. The van der Waals surface area contributed by atoms with Crippen molar-refractivity contribution in [3.63, 3.8) is 0 Å². The number of primary amides is 1. The number of carboxylic acid groups (broad SMARTS) is 1. The molecule has 1 aliphatic rings. The number of carboxylic acids is 1. The Labute approximate surface area is 98.8 Å². The van der Waals surface area contributed by atoms with Crippen LogP contribution in [0.15, 0.2) is 24.3 Å². The van der Waals surface area contributed by atoms with E-state index in [1.165, 1.54) is 0 Å². The van der Waals surface area contributed by atoms with Crippen LogP contribution in [0.3, 0.4) is 0 Å². The molecular formula is C12H14N2O3. The zero-order valence-electron chi connectivity index (χ0n) is 9.30. The molecule has 1 aromatic rings. The van der Waals surface area contributed by atoms with E-state index in [0.29, 0.717) is 6.54 Å². The lowest BCUT2D eigenvalue weighted by atomic mass is 9.98. The van der Waals surface area contributed by atoms with Gasteiger partial charge in [-0.3, -0.25) is 9.59 Å². The van der Waals surface area contributed by atoms with Crippen molar-refractivity contribution in [3.8, 4) is 0 Å². The highest BCUT2D eigenvalue weighted by Gasteiger charge is 2.30. The number of rotatable bonds is 4. The van der Waals surface area contributed by atoms with Gasteiger partial charge in [0.25, 0.3) is 0 Å². The molecule has 1 amide bonds. The van der Waals surface area contributed by atoms with Crippen molar-refractivity contribution >= 4 is 17.6 Å². The van der Waals surface area contributed by atoms with Crippen LogP contribution in [-0.4, -0.2) is 30.1 Å². The number of nitrogens with zero attached hydrogens (tertiary/aromatic N) is 1. The number of nitrogens with two attached hydrogens (primary N) is 1. The Hall–Kier alpha value is -2.04. The zero-order chi connectivity index (χ0) is 12.4. The fraction of sp³-hybridized carbons (Fsp3) is 0.333. The van der Waals surface area contributed by atoms with E-state index in [9.17, 15) is 9.59 Å². The van der Waals surface area contributed by atoms with Gasteiger partial charge in [-0.25, -0.2) is 0 Å². The summed E-state index contributed by atoms with van der Waals surface area (Å²) in [7, 11) is 0. The molecule has 0 aliphatic carbocycles. The van der Waals surface area contributed by atoms with Crippen LogP contribution in [0.4, 0.5) is 5.69 Å². The van der Waals surface area contributed by atoms with Crippen molar-refractivity contribution in [1.29, 1.82) is 0 Å². The molecule has 2 rings (SSSR count). The second-order valence-electron chi connectivity index (χ2n) is 4.20. The van der Waals surface area contributed by atoms with Crippen molar-refractivity contribution in [2.75, 3.05) is 18.0 Å². The van der Waals surface area contributed by atoms with Crippen LogP contribution in [0.2, 0.25) is 0 Å². The topological polar surface area (TPSA) is 83.6 Å². The van der Waals surface area contributed by atoms with Gasteiger partial charge < -0.3 is 15.7 Å². The molecule has 0 saturated heterocycles. The summed E-state index contributed by atoms with van der Waals surface area (Å²) in [5.41, 5.74) is 7.08. The minimum absolute atomic E-state index is 0.0666. The number of hydrogen-bond donors (Lipinski definition) is 2. The summed E-state index contributed by atoms with van der Waals surface area (Å²) in [5.74, 6) is -1.30. The molecule has 0 fully saturated rings. The first kappa shape index (κ1) is 11.4. The van der Waals surface area contributed by atoms with Crippen molar-refractivity contribution in [2.45, 2.75) is 12.3 Å². The second kappa shape index (κ2) is 4.45. The predicted molar refractivity (Wildman–Crippen MR) is 62.8 cm³/mol. The van der Waals surface area contributed by atoms with Crippen LogP contribution in [0.5, 0.6) is 0 Å². The molecule has 0 spiro atoms. The number of benzene rings is 1. The van der Waals surface area contributed by atoms with Gasteiger partial charge in [0.05, 0.1) is 13.0 Å². The molecule has 90 valence electrons. The molecule has 0 bridgehead atoms. The molecule has 0 aromatic heterocycles. The highest BCUT2D eigenvalue weighted by Crippen LogP contribution is 2.37. The van der Waals surface area contributed by atoms with E-state index < -0.39 is 11.9 Å². The van der Waals surface area contributed by atoms with Gasteiger partial charge in [-0.05, 0) is 11.6 Å². The molecule has 5 nitrogen and oxygen atoms in total. The van der Waals surface area contributed by atoms with E-state index in [0.717, 1.165) is 11.3 Å². The van der Waals surface area contributed by atoms with Crippen LogP contribution >= 0.6 is 0 Å². The number of aliphatic carboxylic acids is 1. The first-order valence-corrected chi connectivity index (χ1v) is 5.42. The van der Waals surface area contributed by atoms with Crippen molar-refractivity contribution in [3.05, 3.63) is 29.8 Å². The summed E-state index contributed by atoms with van der Waals surface area (Å²) in [4.78, 5) is 23.6. The molecule has 3 N–H and O–H groups in total. The number of anilines is 1. The summed E-state index contributed by atoms with van der Waals surface area (Å²) in [6, 6.07) is 7.54. The third-order valence-corrected chi connectivity index (χ3v) is 2.93. The Bertz CT molecular complexity index is 418. The molecule has 1 unspecified atom stereocenters. The average Bonchev–Trinajstić information content (AvgIpc) is 2.56. The molecule has 5 heteroatoms. The molecule has 1 aliphatic heterocycles. The van der Waals surface area contributed by atoms with Gasteiger partial charge in [-0.15, -0.1) is 0 Å². The van der Waals surface area contributed by atoms with Gasteiger partial charge in [0.2, 0.25) is 5.91 Å². The van der Waals surface area contributed by atoms with Crippen molar-refractivity contribution in [2.24, 2.45) is 5.73 Å². The van der Waals surface area contributed by atoms with Gasteiger partial charge in [-0.2, -0.15) is 0 Å². The van der Waals surface area contributed by atoms with Gasteiger partial charge in [0.15, 0.2) is 0 Å². The molecule has 0 saturated carbocycles. The largest absolute Gasteiger partial charge is 0.481 e. The monoisotopic (exact) mass is 234 g/mol. The lowest BCUT2D eigenvalue weighted by molar-refractivity contribution is -0.137. The van der Waals surface area contributed by atoms with Crippen LogP contribution in [0.25, 0.3) is 0 Å². The fourth-order valence-electron chi connectivity index (χ4n) is 2.31. The van der Waals surface area contributed by atoms with E-state index in [4.69, 9.17) is 10.8 Å². The molecular weight excluding hydrogens is 220 g/mol. The normalized spacial score (nSPS) is 17.9. The predicted octanol–water partition coefficient (Wildman–Crippen LogP) is 0.550. The SMILES string of the molecule is NC(=O)CN1CC(CC(=O)O)c2ccccc21. The second-order valence-corrected chi connectivity index (χ2v) is 4.20. The Morgan fingerprint density at radius 1 is 1.41 bits per heavy atom. The Balaban J connectivity index is 2.26. The lowest BCUT2D eigenvalue weighted by Gasteiger charge is -2.17. The van der Waals surface area contributed by atoms with Crippen molar-refractivity contribution < 1.29 is 14.7 Å². The molecule has 1 atom stereocenters. The summed E-state index contributed by atoms with van der Waals surface area (Å²) < 4.78 is 0. The first-order valence-electron chi connectivity index (χ1n) is 5.42. The first-order chi connectivity index (χ1) is 8.08. The standard InChI is InChI=1S/C12H14N2O3/c13-11(15)7-14-6-8(5-12(16)17)9-3-1-2-4-10(9)14/h1-4,8H,5-7H2,(H2,13,15)(H,16,17). The lowest BCUT2D eigenvalue weighted by Crippen LogP contribution is -2.33. The van der Waals surface area contributed by atoms with Gasteiger partial charge in [0.1, 0.15) is 0 Å². The Morgan fingerprint density at radius 3 is 2.76 bits per heavy atom. The van der Waals surface area contributed by atoms with E-state index in [-0.39, 0.29) is 18.9 Å². The highest BCUT2D eigenvalue weighted by molar-refractivity contribution is 5.81. The summed E-state index contributed by atoms with van der Waals surface area (Å²) in [6.07, 6.45) is 0.0757. The summed E-state index contributed by atoms with van der Waals surface area (Å²) in [5, 5.41) is 8.86. The van der Waals surface area contributed by atoms with Gasteiger partial charge in [-0.1, -0.05) is 18.2 Å². The van der Waals surface area contributed by atoms with Gasteiger partial charge >= 0.3 is 5.97 Å². The highest BCUT2D eigenvalue weighted by atomic mass is 16.4. The fourth-order valence-corrected chi connectivity index (χ4v) is 2.31. The molecule has 17 heavy (non-hydrogen) atoms. The smallest absolute Gasteiger partial charge is 0.304 e. The van der Waals surface area contributed by atoms with Crippen LogP contribution in [0.1, 0.15) is 17.9 Å². The molecule has 1 aromatic carbocycles. The van der Waals surface area contributed by atoms with E-state index in [2.05, 4.69) is 0 Å². The maximum absolute atomic E-state index is 11.0. The minimum Gasteiger partial charge on any atom is -0.481 e. The molecule has 0 radical (unpaired) electrons. The maximum Gasteiger partial charge on any atom is 0.304 e. The number of hydrogen-bond acceptors (Lipinski definition) is 3. The maximum atomic E-state index is 11.0. The third-order valence-electron chi connectivity index (χ3n) is 2.93. The summed E-state index contributed by atoms with van der Waals surface area (Å²) in [6.45, 7) is 0.668. The van der Waals surface area contributed by atoms with Crippen LogP contribution in [0, 0.1) is 0 Å². The quantitative estimate of drug-likeness (QED) is 0.796. The minimum atomic E-state index is -0.828. The number of fused-ring (bicyclic) bond motifs is 1. The zero-order valence-corrected chi connectivity index (χ0v) is 9.30. The van der Waals surface area contributed by atoms with E-state index in [1.54, 1.807) is 0 Å². The molecule has 1 heterocycles. The van der Waals surface area contributed by atoms with Crippen molar-refractivity contribution in [1.82, 2.24) is 0 Å². The number of para-hydroxylation sites is 1. The van der Waals surface area contributed by atoms with Crippen LogP contribution < -0.4 is 10.6 Å². The Kier molecular flexibility index (Phi) is 2.99. The number of amides is 1. The third kappa shape index (κ3) is 2.38. The van der Waals surface area contributed by atoms with Crippen LogP contribution in [-0.2, 0) is 9.59 Å². The van der Waals surface area contributed by atoms with Gasteiger partial charge in [0, 0.05) is 18.2 Å².